The molecule has 1 aromatic carbocycles. The van der Waals surface area contributed by atoms with E-state index in [9.17, 15) is 9.59 Å². The van der Waals surface area contributed by atoms with Crippen molar-refractivity contribution in [1.29, 1.82) is 0 Å². The van der Waals surface area contributed by atoms with Crippen LogP contribution in [0.15, 0.2) is 24.3 Å². The maximum Gasteiger partial charge on any atom is 0.251 e. The number of hydrogen-bond acceptors (Lipinski definition) is 6. The van der Waals surface area contributed by atoms with E-state index in [-0.39, 0.29) is 11.9 Å². The van der Waals surface area contributed by atoms with Crippen molar-refractivity contribution in [3.8, 4) is 0 Å². The van der Waals surface area contributed by atoms with Crippen molar-refractivity contribution in [1.82, 2.24) is 9.88 Å². The number of rotatable bonds is 5. The van der Waals surface area contributed by atoms with Crippen molar-refractivity contribution in [2.75, 3.05) is 18.4 Å². The maximum absolute atomic E-state index is 13.1. The van der Waals surface area contributed by atoms with E-state index in [1.54, 1.807) is 11.3 Å². The molecule has 3 aromatic rings. The predicted octanol–water partition coefficient (Wildman–Crippen LogP) is 4.15. The number of likely N-dealkylation sites (tertiary alicyclic amines) is 1. The van der Waals surface area contributed by atoms with Crippen LogP contribution in [0.25, 0.3) is 10.2 Å². The van der Waals surface area contributed by atoms with Gasteiger partial charge in [0.05, 0.1) is 26.8 Å². The number of nitrogens with one attached hydrogen (secondary N) is 1. The summed E-state index contributed by atoms with van der Waals surface area (Å²) in [6, 6.07) is 7.95. The van der Waals surface area contributed by atoms with Crippen molar-refractivity contribution in [2.45, 2.75) is 51.0 Å². The highest BCUT2D eigenvalue weighted by Crippen LogP contribution is 2.39. The van der Waals surface area contributed by atoms with Crippen LogP contribution in [0.1, 0.15) is 57.9 Å². The van der Waals surface area contributed by atoms with Gasteiger partial charge in [0, 0.05) is 17.3 Å². The topological polar surface area (TPSA) is 88.3 Å². The lowest BCUT2D eigenvalue weighted by atomic mass is 9.97. The lowest BCUT2D eigenvalue weighted by molar-refractivity contribution is -0.121. The van der Waals surface area contributed by atoms with Crippen molar-refractivity contribution in [3.63, 3.8) is 0 Å². The third-order valence-corrected chi connectivity index (χ3v) is 8.85. The Morgan fingerprint density at radius 3 is 2.87 bits per heavy atom. The number of fused-ring (bicyclic) bond motifs is 2. The Morgan fingerprint density at radius 2 is 2.06 bits per heavy atom. The molecule has 3 N–H and O–H groups in total. The monoisotopic (exact) mass is 454 g/mol. The average Bonchev–Trinajstić information content (AvgIpc) is 3.46. The van der Waals surface area contributed by atoms with Gasteiger partial charge in [0.2, 0.25) is 5.91 Å². The van der Waals surface area contributed by atoms with Gasteiger partial charge in [-0.1, -0.05) is 12.1 Å². The Bertz CT molecular complexity index is 1120. The van der Waals surface area contributed by atoms with Crippen LogP contribution in [0.3, 0.4) is 0 Å². The van der Waals surface area contributed by atoms with E-state index >= 15 is 0 Å². The largest absolute Gasteiger partial charge is 0.365 e. The summed E-state index contributed by atoms with van der Waals surface area (Å²) in [6.45, 7) is 3.65. The molecule has 6 nitrogen and oxygen atoms in total. The molecule has 2 atom stereocenters. The molecule has 1 aliphatic carbocycles. The number of carbonyl (C=O) groups is 2. The average molecular weight is 455 g/mol. The second-order valence-corrected chi connectivity index (χ2v) is 10.6. The molecule has 0 saturated carbocycles. The van der Waals surface area contributed by atoms with Crippen molar-refractivity contribution in [2.24, 2.45) is 5.73 Å². The van der Waals surface area contributed by atoms with E-state index in [0.29, 0.717) is 16.5 Å². The van der Waals surface area contributed by atoms with Crippen LogP contribution in [-0.4, -0.2) is 40.8 Å². The number of carbonyl (C=O) groups excluding carboxylic acids is 2. The van der Waals surface area contributed by atoms with E-state index in [1.807, 2.05) is 19.1 Å². The van der Waals surface area contributed by atoms with E-state index in [1.165, 1.54) is 20.9 Å². The number of para-hydroxylation sites is 1. The number of anilines is 1. The molecule has 162 valence electrons. The number of aryl methyl sites for hydroxylation is 1. The number of nitrogens with zero attached hydrogens (tertiary/aromatic N) is 2. The first kappa shape index (κ1) is 20.6. The molecule has 2 amide bonds. The van der Waals surface area contributed by atoms with Gasteiger partial charge in [-0.2, -0.15) is 0 Å². The summed E-state index contributed by atoms with van der Waals surface area (Å²) in [5.41, 5.74) is 8.25. The normalized spacial score (nSPS) is 20.0. The van der Waals surface area contributed by atoms with Crippen molar-refractivity contribution < 1.29 is 9.59 Å². The summed E-state index contributed by atoms with van der Waals surface area (Å²) >= 11 is 3.27. The number of primary amides is 1. The Hall–Kier alpha value is -2.29. The number of thiazole rings is 1. The molecule has 3 heterocycles. The van der Waals surface area contributed by atoms with Gasteiger partial charge in [0.1, 0.15) is 5.00 Å². The highest BCUT2D eigenvalue weighted by molar-refractivity contribution is 7.18. The zero-order chi connectivity index (χ0) is 21.5. The molecule has 0 radical (unpaired) electrons. The number of nitrogens with two attached hydrogens (primary N) is 1. The van der Waals surface area contributed by atoms with Crippen LogP contribution in [0.2, 0.25) is 0 Å². The number of hydrogen-bond donors (Lipinski definition) is 2. The SMILES string of the molecule is C[C@@H](C(=O)Nc1sc2c(c1C(N)=O)CCC2)N1CCC[C@H](c2nc3ccccc3s2)C1. The molecule has 0 unspecified atom stereocenters. The van der Waals surface area contributed by atoms with Crippen LogP contribution >= 0.6 is 22.7 Å². The minimum absolute atomic E-state index is 0.0765. The molecule has 1 fully saturated rings. The Morgan fingerprint density at radius 1 is 1.23 bits per heavy atom. The fraction of sp³-hybridized carbons (Fsp3) is 0.435. The summed E-state index contributed by atoms with van der Waals surface area (Å²) < 4.78 is 1.21. The number of piperidine rings is 1. The van der Waals surface area contributed by atoms with Gasteiger partial charge in [-0.15, -0.1) is 22.7 Å². The Kier molecular flexibility index (Phi) is 5.54. The van der Waals surface area contributed by atoms with Crippen LogP contribution < -0.4 is 11.1 Å². The van der Waals surface area contributed by atoms with Crippen molar-refractivity contribution in [3.05, 3.63) is 45.3 Å². The molecule has 1 aliphatic heterocycles. The van der Waals surface area contributed by atoms with Gasteiger partial charge in [0.15, 0.2) is 0 Å². The summed E-state index contributed by atoms with van der Waals surface area (Å²) in [7, 11) is 0. The maximum atomic E-state index is 13.1. The molecule has 5 rings (SSSR count). The van der Waals surface area contributed by atoms with Crippen LogP contribution in [0.4, 0.5) is 5.00 Å². The molecule has 0 bridgehead atoms. The minimum Gasteiger partial charge on any atom is -0.365 e. The number of aromatic nitrogens is 1. The lowest BCUT2D eigenvalue weighted by Gasteiger charge is -2.35. The van der Waals surface area contributed by atoms with Gasteiger partial charge in [-0.3, -0.25) is 14.5 Å². The van der Waals surface area contributed by atoms with Gasteiger partial charge in [0.25, 0.3) is 5.91 Å². The molecule has 2 aliphatic rings. The first-order valence-corrected chi connectivity index (χ1v) is 12.5. The standard InChI is InChI=1S/C23H26N4O2S2/c1-13(21(29)26-23-19(20(24)28)15-7-4-10-17(15)30-23)27-11-5-6-14(12-27)22-25-16-8-2-3-9-18(16)31-22/h2-3,8-9,13-14H,4-7,10-12H2,1H3,(H2,24,28)(H,26,29)/t13-,14-/m0/s1. The zero-order valence-electron chi connectivity index (χ0n) is 17.5. The quantitative estimate of drug-likeness (QED) is 0.606. The molecule has 0 spiro atoms. The van der Waals surface area contributed by atoms with Gasteiger partial charge >= 0.3 is 0 Å². The van der Waals surface area contributed by atoms with Gasteiger partial charge in [-0.25, -0.2) is 4.98 Å². The number of thiophene rings is 1. The summed E-state index contributed by atoms with van der Waals surface area (Å²) in [5, 5.41) is 4.79. The summed E-state index contributed by atoms with van der Waals surface area (Å²) in [6.07, 6.45) is 5.01. The number of benzene rings is 1. The molecule has 31 heavy (non-hydrogen) atoms. The van der Waals surface area contributed by atoms with Gasteiger partial charge in [-0.05, 0) is 63.3 Å². The lowest BCUT2D eigenvalue weighted by Crippen LogP contribution is -2.46. The van der Waals surface area contributed by atoms with Crippen LogP contribution in [0.5, 0.6) is 0 Å². The fourth-order valence-corrected chi connectivity index (χ4v) is 7.15. The molecule has 8 heteroatoms. The van der Waals surface area contributed by atoms with Crippen molar-refractivity contribution >= 4 is 49.7 Å². The molecule has 2 aromatic heterocycles. The zero-order valence-corrected chi connectivity index (χ0v) is 19.2. The highest BCUT2D eigenvalue weighted by Gasteiger charge is 2.32. The van der Waals surface area contributed by atoms with E-state index in [2.05, 4.69) is 22.3 Å². The smallest absolute Gasteiger partial charge is 0.251 e. The first-order valence-electron chi connectivity index (χ1n) is 10.9. The van der Waals surface area contributed by atoms with E-state index < -0.39 is 5.91 Å². The minimum atomic E-state index is -0.448. The van der Waals surface area contributed by atoms with Crippen LogP contribution in [0, 0.1) is 0 Å². The third-order valence-electron chi connectivity index (χ3n) is 6.44. The second kappa shape index (κ2) is 8.33. The predicted molar refractivity (Wildman–Crippen MR) is 126 cm³/mol. The summed E-state index contributed by atoms with van der Waals surface area (Å²) in [4.78, 5) is 33.4. The van der Waals surface area contributed by atoms with Gasteiger partial charge < -0.3 is 11.1 Å². The third kappa shape index (κ3) is 3.88. The Labute approximate surface area is 189 Å². The summed E-state index contributed by atoms with van der Waals surface area (Å²) in [5.74, 6) is -0.184. The fourth-order valence-electron chi connectivity index (χ4n) is 4.76. The van der Waals surface area contributed by atoms with E-state index in [0.717, 1.165) is 61.3 Å². The molecular weight excluding hydrogens is 428 g/mol. The van der Waals surface area contributed by atoms with E-state index in [4.69, 9.17) is 10.7 Å². The molecular formula is C23H26N4O2S2. The highest BCUT2D eigenvalue weighted by atomic mass is 32.1. The first-order chi connectivity index (χ1) is 15.0. The number of amides is 2. The Balaban J connectivity index is 1.30. The second-order valence-electron chi connectivity index (χ2n) is 8.44. The molecule has 1 saturated heterocycles. The van der Waals surface area contributed by atoms with Crippen LogP contribution in [-0.2, 0) is 17.6 Å².